The van der Waals surface area contributed by atoms with Crippen molar-refractivity contribution in [2.45, 2.75) is 39.2 Å². The maximum atomic E-state index is 13.7. The first-order valence-corrected chi connectivity index (χ1v) is 12.1. The minimum Gasteiger partial charge on any atom is -0.508 e. The predicted octanol–water partition coefficient (Wildman–Crippen LogP) is 3.87. The quantitative estimate of drug-likeness (QED) is 0.475. The molecule has 0 unspecified atom stereocenters. The fraction of sp³-hybridized carbons (Fsp3) is 0.286. The number of ether oxygens (including phenoxy) is 1. The fourth-order valence-electron chi connectivity index (χ4n) is 4.58. The molecule has 3 aromatic rings. The summed E-state index contributed by atoms with van der Waals surface area (Å²) in [6, 6.07) is 12.9. The zero-order valence-corrected chi connectivity index (χ0v) is 21.5. The Balaban J connectivity index is 1.78. The second-order valence-electron chi connectivity index (χ2n) is 9.90. The summed E-state index contributed by atoms with van der Waals surface area (Å²) in [4.78, 5) is 52.7. The first-order chi connectivity index (χ1) is 17.5. The first kappa shape index (κ1) is 26.2. The number of carbonyl (C=O) groups excluding carboxylic acids is 3. The minimum atomic E-state index is -1.10. The molecule has 0 saturated heterocycles. The maximum absolute atomic E-state index is 13.7. The van der Waals surface area contributed by atoms with E-state index in [0.717, 1.165) is 0 Å². The van der Waals surface area contributed by atoms with Crippen LogP contribution < -0.4 is 10.9 Å². The van der Waals surface area contributed by atoms with Gasteiger partial charge in [-0.2, -0.15) is 0 Å². The average molecular weight is 523 g/mol. The molecule has 192 valence electrons. The van der Waals surface area contributed by atoms with Crippen LogP contribution >= 0.6 is 11.6 Å². The van der Waals surface area contributed by atoms with Crippen molar-refractivity contribution in [2.75, 3.05) is 7.11 Å². The maximum Gasteiger partial charge on any atom is 0.328 e. The number of phenolic OH excluding ortho intramolecular Hbond substituents is 1. The Morgan fingerprint density at radius 2 is 1.73 bits per heavy atom. The Labute approximate surface area is 218 Å². The lowest BCUT2D eigenvalue weighted by atomic mass is 9.75. The van der Waals surface area contributed by atoms with Crippen LogP contribution in [0.15, 0.2) is 59.4 Å². The Bertz CT molecular complexity index is 1420. The number of rotatable bonds is 6. The van der Waals surface area contributed by atoms with Gasteiger partial charge in [0, 0.05) is 34.8 Å². The molecule has 0 bridgehead atoms. The lowest BCUT2D eigenvalue weighted by molar-refractivity contribution is -0.142. The standard InChI is InChI=1S/C28H27ClN2O6/c1-28(2)14-23-20(24(33)15-28)13-21(26(35)31(23)18-8-6-17(29)7-9-18)25(34)30-22(27(36)37-3)12-16-4-10-19(32)11-5-16/h4-11,13,22,32H,12,14-15H2,1-3H3,(H,30,34)/t22-/m1/s1. The highest BCUT2D eigenvalue weighted by Gasteiger charge is 2.35. The number of aromatic nitrogens is 1. The van der Waals surface area contributed by atoms with Gasteiger partial charge in [-0.1, -0.05) is 37.6 Å². The number of aromatic hydroxyl groups is 1. The summed E-state index contributed by atoms with van der Waals surface area (Å²) in [6.07, 6.45) is 0.799. The number of nitrogens with one attached hydrogen (secondary N) is 1. The van der Waals surface area contributed by atoms with Crippen LogP contribution in [-0.4, -0.2) is 40.5 Å². The van der Waals surface area contributed by atoms with Crippen molar-refractivity contribution < 1.29 is 24.2 Å². The zero-order valence-electron chi connectivity index (χ0n) is 20.7. The van der Waals surface area contributed by atoms with Gasteiger partial charge < -0.3 is 15.2 Å². The number of benzene rings is 2. The van der Waals surface area contributed by atoms with E-state index in [0.29, 0.717) is 34.0 Å². The van der Waals surface area contributed by atoms with Crippen molar-refractivity contribution in [3.8, 4) is 11.4 Å². The van der Waals surface area contributed by atoms with E-state index in [9.17, 15) is 24.3 Å². The number of carbonyl (C=O) groups is 3. The third kappa shape index (κ3) is 5.59. The molecule has 37 heavy (non-hydrogen) atoms. The summed E-state index contributed by atoms with van der Waals surface area (Å²) in [5, 5.41) is 12.6. The molecular weight excluding hydrogens is 496 g/mol. The predicted molar refractivity (Wildman–Crippen MR) is 139 cm³/mol. The van der Waals surface area contributed by atoms with Crippen LogP contribution in [0.1, 0.15) is 52.2 Å². The van der Waals surface area contributed by atoms with E-state index in [4.69, 9.17) is 16.3 Å². The molecule has 1 atom stereocenters. The second kappa shape index (κ2) is 10.2. The minimum absolute atomic E-state index is 0.0621. The number of fused-ring (bicyclic) bond motifs is 1. The molecule has 1 heterocycles. The van der Waals surface area contributed by atoms with Gasteiger partial charge in [-0.05, 0) is 59.9 Å². The summed E-state index contributed by atoms with van der Waals surface area (Å²) < 4.78 is 6.24. The number of hydrogen-bond donors (Lipinski definition) is 2. The molecule has 0 radical (unpaired) electrons. The van der Waals surface area contributed by atoms with E-state index in [-0.39, 0.29) is 35.4 Å². The topological polar surface area (TPSA) is 115 Å². The molecule has 1 aromatic heterocycles. The second-order valence-corrected chi connectivity index (χ2v) is 10.3. The molecule has 4 rings (SSSR count). The highest BCUT2D eigenvalue weighted by atomic mass is 35.5. The number of Topliss-reactive ketones (excluding diaryl/α,β-unsaturated/α-hetero) is 1. The Morgan fingerprint density at radius 3 is 2.35 bits per heavy atom. The Hall–Kier alpha value is -3.91. The van der Waals surface area contributed by atoms with Crippen LogP contribution in [0.4, 0.5) is 0 Å². The number of methoxy groups -OCH3 is 1. The number of phenols is 1. The molecular formula is C28H27ClN2O6. The number of halogens is 1. The molecule has 8 nitrogen and oxygen atoms in total. The zero-order chi connectivity index (χ0) is 26.9. The molecule has 1 amide bonds. The molecule has 0 saturated carbocycles. The van der Waals surface area contributed by atoms with Gasteiger partial charge in [0.15, 0.2) is 5.78 Å². The van der Waals surface area contributed by atoms with Gasteiger partial charge in [0.1, 0.15) is 17.4 Å². The monoisotopic (exact) mass is 522 g/mol. The summed E-state index contributed by atoms with van der Waals surface area (Å²) in [5.41, 5.74) is 0.716. The van der Waals surface area contributed by atoms with E-state index in [1.807, 2.05) is 13.8 Å². The van der Waals surface area contributed by atoms with E-state index in [2.05, 4.69) is 5.32 Å². The van der Waals surface area contributed by atoms with Gasteiger partial charge in [0.25, 0.3) is 11.5 Å². The largest absolute Gasteiger partial charge is 0.508 e. The van der Waals surface area contributed by atoms with Gasteiger partial charge in [-0.25, -0.2) is 4.79 Å². The smallest absolute Gasteiger partial charge is 0.328 e. The highest BCUT2D eigenvalue weighted by molar-refractivity contribution is 6.30. The molecule has 2 N–H and O–H groups in total. The third-order valence-electron chi connectivity index (χ3n) is 6.39. The van der Waals surface area contributed by atoms with Gasteiger partial charge in [0.2, 0.25) is 0 Å². The Morgan fingerprint density at radius 1 is 1.08 bits per heavy atom. The number of ketones is 1. The highest BCUT2D eigenvalue weighted by Crippen LogP contribution is 2.35. The van der Waals surface area contributed by atoms with Gasteiger partial charge in [0.05, 0.1) is 7.11 Å². The summed E-state index contributed by atoms with van der Waals surface area (Å²) in [7, 11) is 1.20. The summed E-state index contributed by atoms with van der Waals surface area (Å²) in [6.45, 7) is 3.91. The van der Waals surface area contributed by atoms with Gasteiger partial charge in [-0.15, -0.1) is 0 Å². The molecule has 0 aliphatic heterocycles. The summed E-state index contributed by atoms with van der Waals surface area (Å²) >= 11 is 6.05. The number of amides is 1. The van der Waals surface area contributed by atoms with Crippen LogP contribution in [0.25, 0.3) is 5.69 Å². The van der Waals surface area contributed by atoms with Crippen molar-refractivity contribution in [1.29, 1.82) is 0 Å². The molecule has 2 aromatic carbocycles. The van der Waals surface area contributed by atoms with Crippen LogP contribution in [0.5, 0.6) is 5.75 Å². The normalized spacial score (nSPS) is 15.0. The summed E-state index contributed by atoms with van der Waals surface area (Å²) in [5.74, 6) is -1.61. The third-order valence-corrected chi connectivity index (χ3v) is 6.64. The van der Waals surface area contributed by atoms with E-state index >= 15 is 0 Å². The van der Waals surface area contributed by atoms with Crippen molar-refractivity contribution in [3.05, 3.63) is 92.4 Å². The molecule has 0 fully saturated rings. The number of pyridine rings is 1. The lowest BCUT2D eigenvalue weighted by Gasteiger charge is -2.32. The molecule has 9 heteroatoms. The van der Waals surface area contributed by atoms with Crippen LogP contribution in [0.2, 0.25) is 5.02 Å². The Kier molecular flexibility index (Phi) is 7.23. The average Bonchev–Trinajstić information content (AvgIpc) is 2.84. The number of hydrogen-bond acceptors (Lipinski definition) is 6. The van der Waals surface area contributed by atoms with E-state index in [1.165, 1.54) is 29.9 Å². The number of esters is 1. The van der Waals surface area contributed by atoms with Gasteiger partial charge in [-0.3, -0.25) is 19.0 Å². The molecule has 1 aliphatic rings. The number of nitrogens with zero attached hydrogens (tertiary/aromatic N) is 1. The molecule has 1 aliphatic carbocycles. The van der Waals surface area contributed by atoms with Crippen molar-refractivity contribution in [3.63, 3.8) is 0 Å². The SMILES string of the molecule is COC(=O)[C@@H](Cc1ccc(O)cc1)NC(=O)c1cc2c(n(-c3ccc(Cl)cc3)c1=O)CC(C)(C)CC2=O. The van der Waals surface area contributed by atoms with E-state index in [1.54, 1.807) is 36.4 Å². The van der Waals surface area contributed by atoms with Crippen molar-refractivity contribution in [2.24, 2.45) is 5.41 Å². The van der Waals surface area contributed by atoms with E-state index < -0.39 is 23.5 Å². The van der Waals surface area contributed by atoms with Crippen LogP contribution in [-0.2, 0) is 22.4 Å². The van der Waals surface area contributed by atoms with Crippen LogP contribution in [0.3, 0.4) is 0 Å². The molecule has 0 spiro atoms. The fourth-order valence-corrected chi connectivity index (χ4v) is 4.71. The van der Waals surface area contributed by atoms with Gasteiger partial charge >= 0.3 is 5.97 Å². The first-order valence-electron chi connectivity index (χ1n) is 11.7. The van der Waals surface area contributed by atoms with Crippen LogP contribution in [0, 0.1) is 5.41 Å². The lowest BCUT2D eigenvalue weighted by Crippen LogP contribution is -2.46. The van der Waals surface area contributed by atoms with Crippen molar-refractivity contribution >= 4 is 29.3 Å². The van der Waals surface area contributed by atoms with Crippen molar-refractivity contribution in [1.82, 2.24) is 9.88 Å².